The highest BCUT2D eigenvalue weighted by Crippen LogP contribution is 2.23. The summed E-state index contributed by atoms with van der Waals surface area (Å²) in [6.45, 7) is 1.76. The SMILES string of the molecule is COc1nc(OC)nc(N2CCC(CCl)C2)n1. The first-order valence-electron chi connectivity index (χ1n) is 5.41. The number of aromatic nitrogens is 3. The van der Waals surface area contributed by atoms with Gasteiger partial charge in [-0.1, -0.05) is 0 Å². The van der Waals surface area contributed by atoms with E-state index in [0.717, 1.165) is 19.5 Å². The fourth-order valence-electron chi connectivity index (χ4n) is 1.79. The molecule has 17 heavy (non-hydrogen) atoms. The summed E-state index contributed by atoms with van der Waals surface area (Å²) in [6.07, 6.45) is 1.06. The second-order valence-electron chi connectivity index (χ2n) is 3.86. The van der Waals surface area contributed by atoms with Crippen LogP contribution >= 0.6 is 11.6 Å². The first-order chi connectivity index (χ1) is 8.26. The Labute approximate surface area is 105 Å². The minimum Gasteiger partial charge on any atom is -0.467 e. The van der Waals surface area contributed by atoms with Crippen LogP contribution in [-0.4, -0.2) is 48.1 Å². The highest BCUT2D eigenvalue weighted by molar-refractivity contribution is 6.18. The summed E-state index contributed by atoms with van der Waals surface area (Å²) >= 11 is 5.85. The van der Waals surface area contributed by atoms with Crippen LogP contribution in [0.25, 0.3) is 0 Å². The quantitative estimate of drug-likeness (QED) is 0.750. The molecule has 0 spiro atoms. The smallest absolute Gasteiger partial charge is 0.324 e. The molecule has 7 heteroatoms. The van der Waals surface area contributed by atoms with Crippen LogP contribution in [0, 0.1) is 5.92 Å². The van der Waals surface area contributed by atoms with Gasteiger partial charge in [0.1, 0.15) is 0 Å². The van der Waals surface area contributed by atoms with Crippen LogP contribution in [0.1, 0.15) is 6.42 Å². The average molecular weight is 259 g/mol. The first-order valence-corrected chi connectivity index (χ1v) is 5.95. The third kappa shape index (κ3) is 2.69. The van der Waals surface area contributed by atoms with Crippen LogP contribution < -0.4 is 14.4 Å². The lowest BCUT2D eigenvalue weighted by Crippen LogP contribution is -2.23. The van der Waals surface area contributed by atoms with Gasteiger partial charge in [0.25, 0.3) is 0 Å². The fraction of sp³-hybridized carbons (Fsp3) is 0.700. The summed E-state index contributed by atoms with van der Waals surface area (Å²) in [6, 6.07) is 0.530. The first kappa shape index (κ1) is 12.2. The number of halogens is 1. The second kappa shape index (κ2) is 5.35. The van der Waals surface area contributed by atoms with Gasteiger partial charge in [-0.3, -0.25) is 0 Å². The maximum Gasteiger partial charge on any atom is 0.324 e. The largest absolute Gasteiger partial charge is 0.467 e. The number of ether oxygens (including phenoxy) is 2. The molecule has 0 saturated carbocycles. The lowest BCUT2D eigenvalue weighted by molar-refractivity contribution is 0.340. The van der Waals surface area contributed by atoms with Gasteiger partial charge in [-0.25, -0.2) is 0 Å². The van der Waals surface area contributed by atoms with Crippen molar-refractivity contribution in [3.8, 4) is 12.0 Å². The van der Waals surface area contributed by atoms with Crippen LogP contribution in [0.15, 0.2) is 0 Å². The molecule has 1 aliphatic rings. The predicted molar refractivity (Wildman–Crippen MR) is 64.0 cm³/mol. The van der Waals surface area contributed by atoms with E-state index in [1.165, 1.54) is 14.2 Å². The molecule has 2 heterocycles. The standard InChI is InChI=1S/C10H15ClN4O2/c1-16-9-12-8(13-10(14-9)17-2)15-4-3-7(5-11)6-15/h7H,3-6H2,1-2H3. The summed E-state index contributed by atoms with van der Waals surface area (Å²) in [4.78, 5) is 14.4. The zero-order chi connectivity index (χ0) is 12.3. The number of hydrogen-bond donors (Lipinski definition) is 0. The molecule has 1 saturated heterocycles. The minimum atomic E-state index is 0.265. The molecular formula is C10H15ClN4O2. The van der Waals surface area contributed by atoms with Crippen LogP contribution in [0.4, 0.5) is 5.95 Å². The summed E-state index contributed by atoms with van der Waals surface area (Å²) in [5.74, 6) is 1.74. The van der Waals surface area contributed by atoms with Crippen LogP contribution in [0.2, 0.25) is 0 Å². The Morgan fingerprint density at radius 1 is 1.24 bits per heavy atom. The number of alkyl halides is 1. The molecule has 0 aliphatic carbocycles. The molecule has 0 aromatic carbocycles. The Morgan fingerprint density at radius 2 is 1.88 bits per heavy atom. The molecule has 0 bridgehead atoms. The Morgan fingerprint density at radius 3 is 2.35 bits per heavy atom. The summed E-state index contributed by atoms with van der Waals surface area (Å²) in [7, 11) is 3.04. The van der Waals surface area contributed by atoms with Gasteiger partial charge in [0, 0.05) is 19.0 Å². The summed E-state index contributed by atoms with van der Waals surface area (Å²) in [5.41, 5.74) is 0. The van der Waals surface area contributed by atoms with E-state index in [4.69, 9.17) is 21.1 Å². The molecular weight excluding hydrogens is 244 g/mol. The van der Waals surface area contributed by atoms with E-state index in [-0.39, 0.29) is 12.0 Å². The molecule has 94 valence electrons. The monoisotopic (exact) mass is 258 g/mol. The third-order valence-corrected chi connectivity index (χ3v) is 3.17. The minimum absolute atomic E-state index is 0.265. The van der Waals surface area contributed by atoms with Gasteiger partial charge in [0.05, 0.1) is 14.2 Å². The zero-order valence-corrected chi connectivity index (χ0v) is 10.6. The van der Waals surface area contributed by atoms with Crippen molar-refractivity contribution in [2.45, 2.75) is 6.42 Å². The Hall–Kier alpha value is -1.30. The maximum absolute atomic E-state index is 5.85. The number of nitrogens with zero attached hydrogens (tertiary/aromatic N) is 4. The number of rotatable bonds is 4. The van der Waals surface area contributed by atoms with Gasteiger partial charge in [-0.05, 0) is 12.3 Å². The van der Waals surface area contributed by atoms with E-state index in [9.17, 15) is 0 Å². The van der Waals surface area contributed by atoms with Crippen molar-refractivity contribution in [3.63, 3.8) is 0 Å². The topological polar surface area (TPSA) is 60.4 Å². The maximum atomic E-state index is 5.85. The lowest BCUT2D eigenvalue weighted by Gasteiger charge is -2.16. The summed E-state index contributed by atoms with van der Waals surface area (Å²) < 4.78 is 10.0. The molecule has 1 unspecified atom stereocenters. The molecule has 0 N–H and O–H groups in total. The normalized spacial score (nSPS) is 19.5. The molecule has 1 aliphatic heterocycles. The van der Waals surface area contributed by atoms with E-state index in [2.05, 4.69) is 19.9 Å². The molecule has 1 aromatic heterocycles. The van der Waals surface area contributed by atoms with Crippen LogP contribution in [0.3, 0.4) is 0 Å². The van der Waals surface area contributed by atoms with Crippen LogP contribution in [0.5, 0.6) is 12.0 Å². The van der Waals surface area contributed by atoms with E-state index in [0.29, 0.717) is 17.7 Å². The van der Waals surface area contributed by atoms with Crippen molar-refractivity contribution in [3.05, 3.63) is 0 Å². The van der Waals surface area contributed by atoms with E-state index in [1.54, 1.807) is 0 Å². The van der Waals surface area contributed by atoms with Gasteiger partial charge >= 0.3 is 12.0 Å². The number of anilines is 1. The second-order valence-corrected chi connectivity index (χ2v) is 4.17. The Bertz CT molecular complexity index is 368. The van der Waals surface area contributed by atoms with Crippen molar-refractivity contribution in [2.24, 2.45) is 5.92 Å². The average Bonchev–Trinajstić information content (AvgIpc) is 2.86. The van der Waals surface area contributed by atoms with Crippen molar-refractivity contribution in [1.82, 2.24) is 15.0 Å². The van der Waals surface area contributed by atoms with Crippen molar-refractivity contribution in [2.75, 3.05) is 38.1 Å². The molecule has 0 radical (unpaired) electrons. The lowest BCUT2D eigenvalue weighted by atomic mass is 10.2. The van der Waals surface area contributed by atoms with Gasteiger partial charge < -0.3 is 14.4 Å². The molecule has 6 nitrogen and oxygen atoms in total. The van der Waals surface area contributed by atoms with E-state index >= 15 is 0 Å². The number of methoxy groups -OCH3 is 2. The van der Waals surface area contributed by atoms with E-state index < -0.39 is 0 Å². The van der Waals surface area contributed by atoms with Crippen molar-refractivity contribution >= 4 is 17.5 Å². The molecule has 0 amide bonds. The van der Waals surface area contributed by atoms with Crippen LogP contribution in [-0.2, 0) is 0 Å². The van der Waals surface area contributed by atoms with E-state index in [1.807, 2.05) is 0 Å². The third-order valence-electron chi connectivity index (χ3n) is 2.73. The summed E-state index contributed by atoms with van der Waals surface area (Å²) in [5, 5.41) is 0. The van der Waals surface area contributed by atoms with Gasteiger partial charge in [0.15, 0.2) is 0 Å². The number of hydrogen-bond acceptors (Lipinski definition) is 6. The Balaban J connectivity index is 2.20. The zero-order valence-electron chi connectivity index (χ0n) is 9.89. The fourth-order valence-corrected chi connectivity index (χ4v) is 2.04. The van der Waals surface area contributed by atoms with Gasteiger partial charge in [-0.2, -0.15) is 9.97 Å². The highest BCUT2D eigenvalue weighted by Gasteiger charge is 2.24. The predicted octanol–water partition coefficient (Wildman–Crippen LogP) is 0.954. The van der Waals surface area contributed by atoms with Crippen molar-refractivity contribution < 1.29 is 9.47 Å². The van der Waals surface area contributed by atoms with Crippen molar-refractivity contribution in [1.29, 1.82) is 0 Å². The van der Waals surface area contributed by atoms with Gasteiger partial charge in [0.2, 0.25) is 5.95 Å². The molecule has 1 atom stereocenters. The highest BCUT2D eigenvalue weighted by atomic mass is 35.5. The molecule has 2 rings (SSSR count). The van der Waals surface area contributed by atoms with Gasteiger partial charge in [-0.15, -0.1) is 16.6 Å². The Kier molecular flexibility index (Phi) is 3.83. The molecule has 1 aromatic rings. The molecule has 1 fully saturated rings.